The van der Waals surface area contributed by atoms with Gasteiger partial charge in [-0.25, -0.2) is 0 Å². The van der Waals surface area contributed by atoms with Crippen molar-refractivity contribution in [1.29, 1.82) is 0 Å². The fraction of sp³-hybridized carbons (Fsp3) is 0.309. The number of rotatable bonds is 7. The van der Waals surface area contributed by atoms with Crippen molar-refractivity contribution in [2.24, 2.45) is 0 Å². The van der Waals surface area contributed by atoms with Gasteiger partial charge in [0.15, 0.2) is 0 Å². The summed E-state index contributed by atoms with van der Waals surface area (Å²) in [6.45, 7) is 27.5. The summed E-state index contributed by atoms with van der Waals surface area (Å²) in [5.74, 6) is 0.596. The Labute approximate surface area is 368 Å². The van der Waals surface area contributed by atoms with E-state index in [0.29, 0.717) is 11.8 Å². The molecule has 0 radical (unpaired) electrons. The summed E-state index contributed by atoms with van der Waals surface area (Å²) in [5.41, 5.74) is 12.6. The zero-order valence-electron chi connectivity index (χ0n) is 37.1. The van der Waals surface area contributed by atoms with Crippen LogP contribution in [-0.2, 0) is 36.7 Å². The summed E-state index contributed by atoms with van der Waals surface area (Å²) in [5, 5.41) is 13.2. The monoisotopic (exact) mass is 929 g/mol. The Morgan fingerprint density at radius 3 is 1.74 bits per heavy atom. The summed E-state index contributed by atoms with van der Waals surface area (Å²) in [4.78, 5) is 5.58. The second kappa shape index (κ2) is 17.5. The van der Waals surface area contributed by atoms with E-state index in [1.807, 2.05) is 6.07 Å². The molecule has 1 aromatic heterocycles. The molecule has 6 aromatic carbocycles. The van der Waals surface area contributed by atoms with Crippen molar-refractivity contribution in [2.45, 2.75) is 112 Å². The van der Waals surface area contributed by atoms with E-state index in [2.05, 4.69) is 198 Å². The van der Waals surface area contributed by atoms with Gasteiger partial charge in [-0.1, -0.05) is 183 Å². The Morgan fingerprint density at radius 2 is 1.12 bits per heavy atom. The molecule has 0 saturated heterocycles. The fourth-order valence-corrected chi connectivity index (χ4v) is 8.01. The molecule has 7 aromatic rings. The van der Waals surface area contributed by atoms with E-state index >= 15 is 0 Å². The third-order valence-electron chi connectivity index (χ3n) is 11.7. The van der Waals surface area contributed by atoms with E-state index in [0.717, 1.165) is 33.6 Å². The summed E-state index contributed by atoms with van der Waals surface area (Å²) in [6, 6.07) is 45.8. The van der Waals surface area contributed by atoms with E-state index < -0.39 is 6.04 Å². The van der Waals surface area contributed by atoms with Crippen LogP contribution in [0.15, 0.2) is 115 Å². The van der Waals surface area contributed by atoms with Crippen LogP contribution in [0.5, 0.6) is 0 Å². The van der Waals surface area contributed by atoms with Gasteiger partial charge in [-0.15, -0.1) is 34.8 Å². The molecule has 1 atom stereocenters. The maximum absolute atomic E-state index is 5.99. The van der Waals surface area contributed by atoms with Gasteiger partial charge in [0.05, 0.1) is 0 Å². The van der Waals surface area contributed by atoms with Crippen LogP contribution in [0.1, 0.15) is 132 Å². The van der Waals surface area contributed by atoms with Crippen molar-refractivity contribution in [2.75, 3.05) is 0 Å². The largest absolute Gasteiger partial charge is 0.673 e. The smallest absolute Gasteiger partial charge is 0.0196 e. The molecule has 3 heteroatoms. The van der Waals surface area contributed by atoms with E-state index in [-0.39, 0.29) is 44.1 Å². The molecule has 0 N–H and O–H groups in total. The number of hydrogen-bond acceptors (Lipinski definition) is 1. The van der Waals surface area contributed by atoms with E-state index in [9.17, 15) is 0 Å². The van der Waals surface area contributed by atoms with Crippen LogP contribution >= 0.6 is 0 Å². The van der Waals surface area contributed by atoms with Crippen LogP contribution in [0.2, 0.25) is 0 Å². The Bertz CT molecular complexity index is 2580. The molecule has 298 valence electrons. The third-order valence-corrected chi connectivity index (χ3v) is 11.7. The molecule has 0 aliphatic carbocycles. The van der Waals surface area contributed by atoms with E-state index in [1.54, 1.807) is 0 Å². The van der Waals surface area contributed by atoms with Gasteiger partial charge < -0.3 is 17.7 Å². The maximum atomic E-state index is 5.99. The standard InChI is InChI=1S/C54H58N2.CH3.Hf/c1-33(2)43-21-16-22-44(34(3)4)51(43)56-52(50-25-17-24-49(55-50)46-23-15-19-37-18-13-14-20-45(37)46)48-31-40-30-41(53(7,8)9)28-38(35(40)5)26-27-39-29-42(54(10,11)12)32-47(48)36(39)6;;/h13-22,24-34,52H,1-12H3;1H3;/q-2;-1;. The summed E-state index contributed by atoms with van der Waals surface area (Å²) < 4.78 is 0. The van der Waals surface area contributed by atoms with Crippen LogP contribution in [0.25, 0.3) is 48.9 Å². The van der Waals surface area contributed by atoms with E-state index in [4.69, 9.17) is 10.3 Å². The molecule has 0 aliphatic rings. The first-order valence-electron chi connectivity index (χ1n) is 20.4. The molecular formula is C55H61HfN2-3. The van der Waals surface area contributed by atoms with Crippen LogP contribution in [-0.4, -0.2) is 4.98 Å². The normalized spacial score (nSPS) is 12.4. The SMILES string of the molecule is Cc1c2ccc3cc(C(C)(C)C)cc(c(C([N-]c4c(C(C)C)cccc4C(C)C)c4cccc(-c5[c-]ccc6ccccc56)n4)cc1cc(C(C)(C)C)c2)c3C.[CH3-].[Hf]. The number of benzene rings is 5. The Balaban J connectivity index is 0.00000320. The van der Waals surface area contributed by atoms with Crippen LogP contribution in [0.4, 0.5) is 5.69 Å². The first kappa shape index (κ1) is 44.8. The van der Waals surface area contributed by atoms with Gasteiger partial charge in [0.2, 0.25) is 0 Å². The molecule has 4 bridgehead atoms. The molecule has 7 rings (SSSR count). The zero-order chi connectivity index (χ0) is 40.1. The Hall–Kier alpha value is -4.34. The van der Waals surface area contributed by atoms with Crippen molar-refractivity contribution in [3.63, 3.8) is 0 Å². The average Bonchev–Trinajstić information content (AvgIpc) is 3.15. The minimum absolute atomic E-state index is 0. The number of nitrogens with zero attached hydrogens (tertiary/aromatic N) is 2. The van der Waals surface area contributed by atoms with Gasteiger partial charge in [-0.3, -0.25) is 0 Å². The number of aromatic nitrogens is 1. The van der Waals surface area contributed by atoms with Gasteiger partial charge >= 0.3 is 0 Å². The molecule has 0 aliphatic heterocycles. The molecular weight excluding hydrogens is 867 g/mol. The molecule has 0 fully saturated rings. The molecule has 2 nitrogen and oxygen atoms in total. The van der Waals surface area contributed by atoms with E-state index in [1.165, 1.54) is 60.3 Å². The zero-order valence-corrected chi connectivity index (χ0v) is 40.7. The van der Waals surface area contributed by atoms with Crippen molar-refractivity contribution in [1.82, 2.24) is 4.98 Å². The first-order valence-corrected chi connectivity index (χ1v) is 20.4. The molecule has 0 spiro atoms. The van der Waals surface area contributed by atoms with Gasteiger partial charge in [-0.2, -0.15) is 0 Å². The second-order valence-electron chi connectivity index (χ2n) is 18.5. The first-order chi connectivity index (χ1) is 26.5. The van der Waals surface area contributed by atoms with Crippen LogP contribution < -0.4 is 0 Å². The topological polar surface area (TPSA) is 27.0 Å². The maximum Gasteiger partial charge on any atom is 0.0196 e. The molecule has 0 saturated carbocycles. The van der Waals surface area contributed by atoms with Gasteiger partial charge in [0, 0.05) is 31.5 Å². The quantitative estimate of drug-likeness (QED) is 0.116. The third kappa shape index (κ3) is 8.96. The van der Waals surface area contributed by atoms with Crippen molar-refractivity contribution >= 4 is 38.0 Å². The number of pyridine rings is 1. The van der Waals surface area contributed by atoms with Crippen LogP contribution in [0, 0.1) is 27.3 Å². The number of para-hydroxylation sites is 1. The van der Waals surface area contributed by atoms with Crippen molar-refractivity contribution in [3.8, 4) is 11.3 Å². The predicted molar refractivity (Wildman–Crippen MR) is 249 cm³/mol. The Morgan fingerprint density at radius 1 is 0.552 bits per heavy atom. The summed E-state index contributed by atoms with van der Waals surface area (Å²) in [6.07, 6.45) is 0. The second-order valence-corrected chi connectivity index (χ2v) is 18.5. The van der Waals surface area contributed by atoms with Gasteiger partial charge in [0.1, 0.15) is 0 Å². The summed E-state index contributed by atoms with van der Waals surface area (Å²) >= 11 is 0. The fourth-order valence-electron chi connectivity index (χ4n) is 8.01. The van der Waals surface area contributed by atoms with Gasteiger partial charge in [0.25, 0.3) is 0 Å². The van der Waals surface area contributed by atoms with Crippen LogP contribution in [0.3, 0.4) is 0 Å². The average molecular weight is 929 g/mol. The molecule has 58 heavy (non-hydrogen) atoms. The number of aryl methyl sites for hydroxylation is 2. The van der Waals surface area contributed by atoms with Gasteiger partial charge in [-0.05, 0) is 104 Å². The predicted octanol–water partition coefficient (Wildman–Crippen LogP) is 16.3. The number of fused-ring (bicyclic) bond motifs is 5. The number of hydrogen-bond donors (Lipinski definition) is 0. The van der Waals surface area contributed by atoms with Crippen molar-refractivity contribution < 1.29 is 25.8 Å². The molecule has 0 amide bonds. The minimum Gasteiger partial charge on any atom is -0.673 e. The molecule has 1 heterocycles. The minimum atomic E-state index is -0.409. The van der Waals surface area contributed by atoms with Crippen molar-refractivity contribution in [3.05, 3.63) is 179 Å². The Kier molecular flexibility index (Phi) is 13.5. The molecule has 1 unspecified atom stereocenters. The summed E-state index contributed by atoms with van der Waals surface area (Å²) in [7, 11) is 0.